The lowest BCUT2D eigenvalue weighted by atomic mass is 10.1. The van der Waals surface area contributed by atoms with Crippen molar-refractivity contribution in [1.29, 1.82) is 0 Å². The third kappa shape index (κ3) is 3.70. The first-order valence-electron chi connectivity index (χ1n) is 7.10. The number of nitrogens with zero attached hydrogens (tertiary/aromatic N) is 1. The van der Waals surface area contributed by atoms with E-state index in [1.54, 1.807) is 30.3 Å². The lowest BCUT2D eigenvalue weighted by Gasteiger charge is -2.11. The van der Waals surface area contributed by atoms with Crippen LogP contribution in [0.2, 0.25) is 0 Å². The van der Waals surface area contributed by atoms with Crippen LogP contribution in [0.3, 0.4) is 0 Å². The number of aromatic amines is 1. The predicted octanol–water partition coefficient (Wildman–Crippen LogP) is 5.21. The first-order valence-corrected chi connectivity index (χ1v) is 7.10. The van der Waals surface area contributed by atoms with Gasteiger partial charge in [-0.2, -0.15) is 26.3 Å². The Kier molecular flexibility index (Phi) is 4.09. The summed E-state index contributed by atoms with van der Waals surface area (Å²) in [6, 6.07) is 9.64. The van der Waals surface area contributed by atoms with Gasteiger partial charge in [0.15, 0.2) is 0 Å². The molecule has 0 saturated carbocycles. The molecule has 3 aromatic rings. The summed E-state index contributed by atoms with van der Waals surface area (Å²) in [7, 11) is 0. The van der Waals surface area contributed by atoms with Crippen LogP contribution in [-0.4, -0.2) is 9.97 Å². The first-order chi connectivity index (χ1) is 11.6. The molecule has 0 spiro atoms. The maximum absolute atomic E-state index is 13.1. The van der Waals surface area contributed by atoms with Gasteiger partial charge in [-0.05, 0) is 17.7 Å². The second-order valence-corrected chi connectivity index (χ2v) is 5.34. The van der Waals surface area contributed by atoms with Crippen LogP contribution in [0, 0.1) is 0 Å². The molecule has 0 atom stereocenters. The molecule has 25 heavy (non-hydrogen) atoms. The van der Waals surface area contributed by atoms with Gasteiger partial charge in [-0.1, -0.05) is 30.3 Å². The molecule has 0 bridgehead atoms. The summed E-state index contributed by atoms with van der Waals surface area (Å²) in [4.78, 5) is 6.23. The van der Waals surface area contributed by atoms with Crippen molar-refractivity contribution < 1.29 is 26.3 Å². The van der Waals surface area contributed by atoms with Gasteiger partial charge in [0, 0.05) is 6.54 Å². The normalized spacial score (nSPS) is 12.6. The van der Waals surface area contributed by atoms with Crippen molar-refractivity contribution in [2.75, 3.05) is 5.32 Å². The van der Waals surface area contributed by atoms with E-state index in [2.05, 4.69) is 15.3 Å². The topological polar surface area (TPSA) is 40.7 Å². The molecule has 0 aliphatic rings. The Labute approximate surface area is 137 Å². The fraction of sp³-hybridized carbons (Fsp3) is 0.188. The van der Waals surface area contributed by atoms with Gasteiger partial charge in [-0.15, -0.1) is 0 Å². The van der Waals surface area contributed by atoms with E-state index in [1.807, 2.05) is 0 Å². The number of hydrogen-bond acceptors (Lipinski definition) is 2. The minimum Gasteiger partial charge on any atom is -0.352 e. The van der Waals surface area contributed by atoms with Gasteiger partial charge in [0.1, 0.15) is 5.52 Å². The predicted molar refractivity (Wildman–Crippen MR) is 79.9 cm³/mol. The quantitative estimate of drug-likeness (QED) is 0.630. The number of imidazole rings is 1. The van der Waals surface area contributed by atoms with Gasteiger partial charge in [0.25, 0.3) is 0 Å². The number of H-pyrrole nitrogens is 1. The molecule has 9 heteroatoms. The average molecular weight is 359 g/mol. The molecule has 132 valence electrons. The van der Waals surface area contributed by atoms with Crippen LogP contribution in [0.15, 0.2) is 42.5 Å². The van der Waals surface area contributed by atoms with Crippen molar-refractivity contribution in [2.24, 2.45) is 0 Å². The van der Waals surface area contributed by atoms with Crippen molar-refractivity contribution >= 4 is 17.0 Å². The highest BCUT2D eigenvalue weighted by Crippen LogP contribution is 2.39. The van der Waals surface area contributed by atoms with E-state index >= 15 is 0 Å². The molecule has 0 aliphatic carbocycles. The van der Waals surface area contributed by atoms with Crippen molar-refractivity contribution in [3.8, 4) is 0 Å². The third-order valence-corrected chi connectivity index (χ3v) is 3.52. The Morgan fingerprint density at radius 1 is 0.920 bits per heavy atom. The molecular formula is C16H11F6N3. The Bertz CT molecular complexity index is 881. The molecular weight excluding hydrogens is 348 g/mol. The molecule has 0 unspecified atom stereocenters. The second-order valence-electron chi connectivity index (χ2n) is 5.34. The maximum atomic E-state index is 13.1. The van der Waals surface area contributed by atoms with Gasteiger partial charge in [0.2, 0.25) is 5.95 Å². The summed E-state index contributed by atoms with van der Waals surface area (Å²) < 4.78 is 77.8. The van der Waals surface area contributed by atoms with Gasteiger partial charge in [0.05, 0.1) is 16.6 Å². The molecule has 2 N–H and O–H groups in total. The fourth-order valence-corrected chi connectivity index (χ4v) is 2.36. The molecule has 1 aromatic heterocycles. The van der Waals surface area contributed by atoms with Gasteiger partial charge < -0.3 is 10.3 Å². The highest BCUT2D eigenvalue weighted by Gasteiger charge is 2.39. The van der Waals surface area contributed by atoms with Crippen LogP contribution in [-0.2, 0) is 18.9 Å². The molecule has 2 aromatic carbocycles. The molecule has 0 aliphatic heterocycles. The minimum absolute atomic E-state index is 0.0383. The third-order valence-electron chi connectivity index (χ3n) is 3.52. The largest absolute Gasteiger partial charge is 0.418 e. The summed E-state index contributed by atoms with van der Waals surface area (Å²) in [6.07, 6.45) is -9.84. The van der Waals surface area contributed by atoms with E-state index in [0.29, 0.717) is 6.07 Å². The van der Waals surface area contributed by atoms with Crippen LogP contribution in [0.5, 0.6) is 0 Å². The Balaban J connectivity index is 2.00. The summed E-state index contributed by atoms with van der Waals surface area (Å²) in [6.45, 7) is 0.258. The second kappa shape index (κ2) is 5.98. The number of alkyl halides is 6. The summed E-state index contributed by atoms with van der Waals surface area (Å²) in [5.41, 5.74) is -2.87. The van der Waals surface area contributed by atoms with E-state index in [9.17, 15) is 26.3 Å². The molecule has 0 saturated heterocycles. The van der Waals surface area contributed by atoms with Gasteiger partial charge in [-0.25, -0.2) is 4.98 Å². The van der Waals surface area contributed by atoms with E-state index in [-0.39, 0.29) is 24.1 Å². The van der Waals surface area contributed by atoms with Crippen LogP contribution in [0.25, 0.3) is 11.0 Å². The lowest BCUT2D eigenvalue weighted by Crippen LogP contribution is -2.11. The zero-order valence-electron chi connectivity index (χ0n) is 12.5. The first kappa shape index (κ1) is 17.1. The van der Waals surface area contributed by atoms with E-state index in [4.69, 9.17) is 0 Å². The fourth-order valence-electron chi connectivity index (χ4n) is 2.36. The van der Waals surface area contributed by atoms with Crippen molar-refractivity contribution in [3.05, 3.63) is 59.2 Å². The van der Waals surface area contributed by atoms with Crippen molar-refractivity contribution in [2.45, 2.75) is 18.9 Å². The molecule has 0 amide bonds. The van der Waals surface area contributed by atoms with Gasteiger partial charge in [-0.3, -0.25) is 0 Å². The standard InChI is InChI=1S/C16H11F6N3/c17-15(18,19)10-6-11(16(20,21)22)13-12(7-10)24-14(25-13)23-8-9-4-2-1-3-5-9/h1-7H,8H2,(H2,23,24,25). The smallest absolute Gasteiger partial charge is 0.352 e. The number of anilines is 1. The van der Waals surface area contributed by atoms with E-state index in [0.717, 1.165) is 5.56 Å². The summed E-state index contributed by atoms with van der Waals surface area (Å²) in [5.74, 6) is -0.0383. The number of benzene rings is 2. The molecule has 1 heterocycles. The van der Waals surface area contributed by atoms with E-state index in [1.165, 1.54) is 0 Å². The molecule has 3 nitrogen and oxygen atoms in total. The van der Waals surface area contributed by atoms with Crippen LogP contribution in [0.1, 0.15) is 16.7 Å². The zero-order chi connectivity index (χ0) is 18.2. The lowest BCUT2D eigenvalue weighted by molar-refractivity contribution is -0.142. The molecule has 0 radical (unpaired) electrons. The minimum atomic E-state index is -4.95. The Morgan fingerprint density at radius 2 is 1.60 bits per heavy atom. The van der Waals surface area contributed by atoms with Crippen molar-refractivity contribution in [1.82, 2.24) is 9.97 Å². The van der Waals surface area contributed by atoms with Gasteiger partial charge >= 0.3 is 12.4 Å². The molecule has 3 rings (SSSR count). The highest BCUT2D eigenvalue weighted by atomic mass is 19.4. The summed E-state index contributed by atoms with van der Waals surface area (Å²) >= 11 is 0. The summed E-state index contributed by atoms with van der Waals surface area (Å²) in [5, 5.41) is 2.77. The Morgan fingerprint density at radius 3 is 2.20 bits per heavy atom. The molecule has 0 fully saturated rings. The average Bonchev–Trinajstić information content (AvgIpc) is 2.94. The van der Waals surface area contributed by atoms with E-state index < -0.39 is 29.0 Å². The number of halogens is 6. The number of nitrogens with one attached hydrogen (secondary N) is 2. The monoisotopic (exact) mass is 359 g/mol. The number of rotatable bonds is 3. The Hall–Kier alpha value is -2.71. The zero-order valence-corrected chi connectivity index (χ0v) is 12.5. The van der Waals surface area contributed by atoms with Crippen LogP contribution in [0.4, 0.5) is 32.3 Å². The maximum Gasteiger partial charge on any atom is 0.418 e. The number of aromatic nitrogens is 2. The highest BCUT2D eigenvalue weighted by molar-refractivity contribution is 5.82. The van der Waals surface area contributed by atoms with Crippen molar-refractivity contribution in [3.63, 3.8) is 0 Å². The van der Waals surface area contributed by atoms with Crippen LogP contribution >= 0.6 is 0 Å². The SMILES string of the molecule is FC(F)(F)c1cc(C(F)(F)F)c2nc(NCc3ccccc3)[nH]c2c1. The van der Waals surface area contributed by atoms with Crippen LogP contribution < -0.4 is 5.32 Å². The number of hydrogen-bond donors (Lipinski definition) is 2. The number of fused-ring (bicyclic) bond motifs is 1.